The molecule has 21 heavy (non-hydrogen) atoms. The lowest BCUT2D eigenvalue weighted by atomic mass is 10.1. The van der Waals surface area contributed by atoms with Crippen molar-refractivity contribution in [3.63, 3.8) is 0 Å². The van der Waals surface area contributed by atoms with Crippen molar-refractivity contribution in [2.75, 3.05) is 0 Å². The summed E-state index contributed by atoms with van der Waals surface area (Å²) in [5, 5.41) is 11.5. The van der Waals surface area contributed by atoms with Crippen LogP contribution in [0.4, 0.5) is 4.39 Å². The number of rotatable bonds is 3. The summed E-state index contributed by atoms with van der Waals surface area (Å²) in [7, 11) is 0. The van der Waals surface area contributed by atoms with Crippen LogP contribution in [0, 0.1) is 24.1 Å². The zero-order valence-corrected chi connectivity index (χ0v) is 11.9. The smallest absolute Gasteiger partial charge is 0.251 e. The molecule has 1 atom stereocenters. The van der Waals surface area contributed by atoms with Crippen molar-refractivity contribution in [3.8, 4) is 6.07 Å². The van der Waals surface area contributed by atoms with E-state index in [-0.39, 0.29) is 17.8 Å². The van der Waals surface area contributed by atoms with E-state index in [1.165, 1.54) is 6.07 Å². The molecule has 1 amide bonds. The highest BCUT2D eigenvalue weighted by Gasteiger charge is 2.12. The second-order valence-electron chi connectivity index (χ2n) is 4.89. The van der Waals surface area contributed by atoms with E-state index in [0.717, 1.165) is 0 Å². The molecule has 0 saturated carbocycles. The lowest BCUT2D eigenvalue weighted by molar-refractivity contribution is 0.0940. The van der Waals surface area contributed by atoms with Crippen molar-refractivity contribution >= 4 is 5.91 Å². The van der Waals surface area contributed by atoms with Crippen molar-refractivity contribution in [1.82, 2.24) is 5.32 Å². The Bertz CT molecular complexity index is 702. The first-order valence-electron chi connectivity index (χ1n) is 6.58. The molecule has 0 bridgehead atoms. The lowest BCUT2D eigenvalue weighted by Crippen LogP contribution is -2.26. The van der Waals surface area contributed by atoms with Gasteiger partial charge in [-0.3, -0.25) is 4.79 Å². The van der Waals surface area contributed by atoms with E-state index >= 15 is 0 Å². The van der Waals surface area contributed by atoms with Crippen molar-refractivity contribution in [2.24, 2.45) is 0 Å². The Morgan fingerprint density at radius 1 is 1.24 bits per heavy atom. The van der Waals surface area contributed by atoms with Gasteiger partial charge in [0.2, 0.25) is 0 Å². The number of aryl methyl sites for hydroxylation is 1. The summed E-state index contributed by atoms with van der Waals surface area (Å²) in [4.78, 5) is 12.1. The number of amides is 1. The van der Waals surface area contributed by atoms with E-state index < -0.39 is 0 Å². The third kappa shape index (κ3) is 3.46. The fraction of sp³-hybridized carbons (Fsp3) is 0.176. The zero-order valence-electron chi connectivity index (χ0n) is 11.9. The molecule has 0 aliphatic carbocycles. The van der Waals surface area contributed by atoms with Crippen LogP contribution < -0.4 is 5.32 Å². The number of hydrogen-bond donors (Lipinski definition) is 1. The monoisotopic (exact) mass is 282 g/mol. The van der Waals surface area contributed by atoms with Crippen LogP contribution in [0.2, 0.25) is 0 Å². The molecule has 0 heterocycles. The maximum atomic E-state index is 13.5. The summed E-state index contributed by atoms with van der Waals surface area (Å²) in [6.45, 7) is 3.49. The summed E-state index contributed by atoms with van der Waals surface area (Å²) in [5.41, 5.74) is 2.25. The largest absolute Gasteiger partial charge is 0.346 e. The minimum atomic E-state index is -0.303. The number of nitriles is 1. The highest BCUT2D eigenvalue weighted by molar-refractivity contribution is 5.94. The van der Waals surface area contributed by atoms with Crippen LogP contribution in [0.1, 0.15) is 40.0 Å². The minimum absolute atomic E-state index is 0.257. The Morgan fingerprint density at radius 2 is 1.90 bits per heavy atom. The minimum Gasteiger partial charge on any atom is -0.346 e. The standard InChI is InChI=1S/C17H15FN2O/c1-11-3-6-15(9-16(11)18)12(2)20-17(21)14-7-4-13(10-19)5-8-14/h3-9,12H,1-2H3,(H,20,21). The normalized spacial score (nSPS) is 11.5. The number of nitrogens with zero attached hydrogens (tertiary/aromatic N) is 1. The molecule has 0 spiro atoms. The summed E-state index contributed by atoms with van der Waals surface area (Å²) in [6.07, 6.45) is 0. The van der Waals surface area contributed by atoms with Crippen LogP contribution in [0.5, 0.6) is 0 Å². The first-order valence-corrected chi connectivity index (χ1v) is 6.58. The van der Waals surface area contributed by atoms with E-state index in [0.29, 0.717) is 22.3 Å². The van der Waals surface area contributed by atoms with E-state index in [9.17, 15) is 9.18 Å². The molecule has 2 rings (SSSR count). The van der Waals surface area contributed by atoms with E-state index in [4.69, 9.17) is 5.26 Å². The summed E-state index contributed by atoms with van der Waals surface area (Å²) < 4.78 is 13.5. The highest BCUT2D eigenvalue weighted by atomic mass is 19.1. The fourth-order valence-electron chi connectivity index (χ4n) is 1.94. The fourth-order valence-corrected chi connectivity index (χ4v) is 1.94. The van der Waals surface area contributed by atoms with Crippen LogP contribution in [0.15, 0.2) is 42.5 Å². The predicted molar refractivity (Wildman–Crippen MR) is 78.2 cm³/mol. The van der Waals surface area contributed by atoms with Gasteiger partial charge in [-0.05, 0) is 55.3 Å². The number of halogens is 1. The van der Waals surface area contributed by atoms with Crippen molar-refractivity contribution in [3.05, 3.63) is 70.5 Å². The average Bonchev–Trinajstić information content (AvgIpc) is 2.50. The number of carbonyl (C=O) groups is 1. The Morgan fingerprint density at radius 3 is 2.48 bits per heavy atom. The maximum absolute atomic E-state index is 13.5. The van der Waals surface area contributed by atoms with Crippen LogP contribution in [-0.4, -0.2) is 5.91 Å². The van der Waals surface area contributed by atoms with Crippen LogP contribution in [0.3, 0.4) is 0 Å². The van der Waals surface area contributed by atoms with Crippen LogP contribution >= 0.6 is 0 Å². The SMILES string of the molecule is Cc1ccc(C(C)NC(=O)c2ccc(C#N)cc2)cc1F. The molecule has 1 N–H and O–H groups in total. The molecule has 0 fully saturated rings. The number of nitrogens with one attached hydrogen (secondary N) is 1. The van der Waals surface area contributed by atoms with E-state index in [2.05, 4.69) is 5.32 Å². The van der Waals surface area contributed by atoms with Crippen molar-refractivity contribution in [2.45, 2.75) is 19.9 Å². The van der Waals surface area contributed by atoms with Gasteiger partial charge in [-0.2, -0.15) is 5.26 Å². The zero-order chi connectivity index (χ0) is 15.4. The third-order valence-corrected chi connectivity index (χ3v) is 3.32. The molecule has 2 aromatic carbocycles. The second kappa shape index (κ2) is 6.19. The first-order chi connectivity index (χ1) is 10.0. The summed E-state index contributed by atoms with van der Waals surface area (Å²) in [5.74, 6) is -0.542. The lowest BCUT2D eigenvalue weighted by Gasteiger charge is -2.15. The van der Waals surface area contributed by atoms with Gasteiger partial charge in [0.05, 0.1) is 17.7 Å². The molecule has 2 aromatic rings. The molecule has 4 heteroatoms. The van der Waals surface area contributed by atoms with Crippen LogP contribution in [0.25, 0.3) is 0 Å². The van der Waals surface area contributed by atoms with Gasteiger partial charge < -0.3 is 5.32 Å². The number of benzene rings is 2. The molecular formula is C17H15FN2O. The van der Waals surface area contributed by atoms with Crippen molar-refractivity contribution < 1.29 is 9.18 Å². The Balaban J connectivity index is 2.10. The van der Waals surface area contributed by atoms with E-state index in [1.807, 2.05) is 6.07 Å². The molecule has 0 aliphatic rings. The van der Waals surface area contributed by atoms with Gasteiger partial charge in [0.1, 0.15) is 5.82 Å². The maximum Gasteiger partial charge on any atom is 0.251 e. The molecule has 3 nitrogen and oxygen atoms in total. The third-order valence-electron chi connectivity index (χ3n) is 3.32. The van der Waals surface area contributed by atoms with Crippen molar-refractivity contribution in [1.29, 1.82) is 5.26 Å². The predicted octanol–water partition coefficient (Wildman–Crippen LogP) is 3.50. The van der Waals surface area contributed by atoms with Gasteiger partial charge in [-0.1, -0.05) is 12.1 Å². The van der Waals surface area contributed by atoms with Gasteiger partial charge in [0.15, 0.2) is 0 Å². The average molecular weight is 282 g/mol. The van der Waals surface area contributed by atoms with Gasteiger partial charge in [-0.15, -0.1) is 0 Å². The molecule has 0 aromatic heterocycles. The summed E-state index contributed by atoms with van der Waals surface area (Å²) >= 11 is 0. The highest BCUT2D eigenvalue weighted by Crippen LogP contribution is 2.17. The van der Waals surface area contributed by atoms with Gasteiger partial charge >= 0.3 is 0 Å². The Labute approximate surface area is 123 Å². The molecule has 0 aliphatic heterocycles. The summed E-state index contributed by atoms with van der Waals surface area (Å²) in [6, 6.07) is 13.0. The van der Waals surface area contributed by atoms with Gasteiger partial charge in [0.25, 0.3) is 5.91 Å². The van der Waals surface area contributed by atoms with E-state index in [1.54, 1.807) is 50.2 Å². The Hall–Kier alpha value is -2.67. The number of hydrogen-bond acceptors (Lipinski definition) is 2. The molecule has 0 saturated heterocycles. The molecule has 0 radical (unpaired) electrons. The second-order valence-corrected chi connectivity index (χ2v) is 4.89. The molecule has 106 valence electrons. The number of carbonyl (C=O) groups excluding carboxylic acids is 1. The van der Waals surface area contributed by atoms with Gasteiger partial charge in [-0.25, -0.2) is 4.39 Å². The first kappa shape index (κ1) is 14.7. The topological polar surface area (TPSA) is 52.9 Å². The quantitative estimate of drug-likeness (QED) is 0.936. The molecule has 1 unspecified atom stereocenters. The molecular weight excluding hydrogens is 267 g/mol. The van der Waals surface area contributed by atoms with Crippen LogP contribution in [-0.2, 0) is 0 Å². The van der Waals surface area contributed by atoms with Gasteiger partial charge in [0, 0.05) is 5.56 Å². The Kier molecular flexibility index (Phi) is 4.34.